The van der Waals surface area contributed by atoms with Crippen LogP contribution in [0.3, 0.4) is 0 Å². The maximum atomic E-state index is 6.25. The minimum absolute atomic E-state index is 0.0983. The monoisotopic (exact) mass is 307 g/mol. The van der Waals surface area contributed by atoms with Crippen molar-refractivity contribution in [2.45, 2.75) is 13.0 Å². The van der Waals surface area contributed by atoms with Crippen LogP contribution in [0.2, 0.25) is 5.02 Å². The van der Waals surface area contributed by atoms with Crippen molar-refractivity contribution < 1.29 is 0 Å². The molecule has 0 aliphatic rings. The predicted molar refractivity (Wildman–Crippen MR) is 94.5 cm³/mol. The first kappa shape index (κ1) is 14.7. The Balaban J connectivity index is 1.97. The zero-order valence-corrected chi connectivity index (χ0v) is 13.2. The van der Waals surface area contributed by atoms with Crippen LogP contribution in [-0.4, -0.2) is 0 Å². The lowest BCUT2D eigenvalue weighted by atomic mass is 9.98. The summed E-state index contributed by atoms with van der Waals surface area (Å²) in [6.45, 7) is 2.01. The molecule has 0 saturated heterocycles. The molecular weight excluding hydrogens is 290 g/mol. The molecule has 0 spiro atoms. The third kappa shape index (κ3) is 3.32. The van der Waals surface area contributed by atoms with Crippen molar-refractivity contribution in [1.29, 1.82) is 0 Å². The molecule has 0 radical (unpaired) electrons. The van der Waals surface area contributed by atoms with Crippen molar-refractivity contribution >= 4 is 17.3 Å². The molecule has 3 rings (SSSR count). The molecule has 110 valence electrons. The van der Waals surface area contributed by atoms with Gasteiger partial charge in [0.2, 0.25) is 0 Å². The first-order chi connectivity index (χ1) is 10.7. The second-order valence-corrected chi connectivity index (χ2v) is 5.77. The van der Waals surface area contributed by atoms with Gasteiger partial charge in [0.05, 0.1) is 6.04 Å². The van der Waals surface area contributed by atoms with Gasteiger partial charge in [0.1, 0.15) is 0 Å². The van der Waals surface area contributed by atoms with Gasteiger partial charge >= 0.3 is 0 Å². The quantitative estimate of drug-likeness (QED) is 0.637. The largest absolute Gasteiger partial charge is 0.374 e. The normalized spacial score (nSPS) is 10.7. The lowest BCUT2D eigenvalue weighted by Crippen LogP contribution is -2.12. The van der Waals surface area contributed by atoms with E-state index in [9.17, 15) is 0 Å². The molecule has 0 unspecified atom stereocenters. The molecule has 1 nitrogen and oxygen atoms in total. The predicted octanol–water partition coefficient (Wildman–Crippen LogP) is 5.85. The van der Waals surface area contributed by atoms with Gasteiger partial charge in [-0.15, -0.1) is 0 Å². The summed E-state index contributed by atoms with van der Waals surface area (Å²) < 4.78 is 0. The summed E-state index contributed by atoms with van der Waals surface area (Å²) >= 11 is 6.25. The van der Waals surface area contributed by atoms with Gasteiger partial charge in [-0.1, -0.05) is 78.3 Å². The SMILES string of the molecule is Cc1ccc(NC(c2ccccc2)c2ccccc2)cc1Cl. The average Bonchev–Trinajstić information content (AvgIpc) is 2.57. The van der Waals surface area contributed by atoms with Crippen molar-refractivity contribution in [1.82, 2.24) is 0 Å². The summed E-state index contributed by atoms with van der Waals surface area (Å²) in [7, 11) is 0. The first-order valence-electron chi connectivity index (χ1n) is 7.36. The van der Waals surface area contributed by atoms with Crippen LogP contribution in [0.4, 0.5) is 5.69 Å². The lowest BCUT2D eigenvalue weighted by molar-refractivity contribution is 0.939. The zero-order valence-electron chi connectivity index (χ0n) is 12.5. The maximum absolute atomic E-state index is 6.25. The highest BCUT2D eigenvalue weighted by molar-refractivity contribution is 6.31. The van der Waals surface area contributed by atoms with E-state index in [0.717, 1.165) is 16.3 Å². The average molecular weight is 308 g/mol. The third-order valence-corrected chi connectivity index (χ3v) is 4.16. The number of benzene rings is 3. The molecular formula is C20H18ClN. The van der Waals surface area contributed by atoms with E-state index in [4.69, 9.17) is 11.6 Å². The second kappa shape index (κ2) is 6.67. The van der Waals surface area contributed by atoms with Gasteiger partial charge in [0, 0.05) is 10.7 Å². The Kier molecular flexibility index (Phi) is 4.45. The fourth-order valence-corrected chi connectivity index (χ4v) is 2.68. The molecule has 0 saturated carbocycles. The van der Waals surface area contributed by atoms with E-state index in [-0.39, 0.29) is 6.04 Å². The summed E-state index contributed by atoms with van der Waals surface area (Å²) in [5.74, 6) is 0. The number of nitrogens with one attached hydrogen (secondary N) is 1. The topological polar surface area (TPSA) is 12.0 Å². The number of aryl methyl sites for hydroxylation is 1. The first-order valence-corrected chi connectivity index (χ1v) is 7.74. The molecule has 0 aromatic heterocycles. The van der Waals surface area contributed by atoms with E-state index in [2.05, 4.69) is 59.9 Å². The van der Waals surface area contributed by atoms with E-state index < -0.39 is 0 Å². The Bertz CT molecular complexity index is 699. The van der Waals surface area contributed by atoms with Crippen LogP contribution in [0.1, 0.15) is 22.7 Å². The maximum Gasteiger partial charge on any atom is 0.0767 e. The fourth-order valence-electron chi connectivity index (χ4n) is 2.50. The second-order valence-electron chi connectivity index (χ2n) is 5.36. The molecule has 0 amide bonds. The lowest BCUT2D eigenvalue weighted by Gasteiger charge is -2.21. The minimum atomic E-state index is 0.0983. The van der Waals surface area contributed by atoms with Gasteiger partial charge < -0.3 is 5.32 Å². The van der Waals surface area contributed by atoms with Crippen LogP contribution < -0.4 is 5.32 Å². The van der Waals surface area contributed by atoms with Gasteiger partial charge in [-0.3, -0.25) is 0 Å². The molecule has 0 bridgehead atoms. The molecule has 0 fully saturated rings. The Morgan fingerprint density at radius 2 is 1.32 bits per heavy atom. The summed E-state index contributed by atoms with van der Waals surface area (Å²) in [5, 5.41) is 4.38. The highest BCUT2D eigenvalue weighted by Crippen LogP contribution is 2.28. The van der Waals surface area contributed by atoms with Gasteiger partial charge in [0.15, 0.2) is 0 Å². The third-order valence-electron chi connectivity index (χ3n) is 3.75. The van der Waals surface area contributed by atoms with Crippen LogP contribution in [0.25, 0.3) is 0 Å². The van der Waals surface area contributed by atoms with Crippen molar-refractivity contribution in [3.63, 3.8) is 0 Å². The van der Waals surface area contributed by atoms with Crippen molar-refractivity contribution in [3.8, 4) is 0 Å². The Morgan fingerprint density at radius 1 is 0.773 bits per heavy atom. The van der Waals surface area contributed by atoms with E-state index >= 15 is 0 Å². The van der Waals surface area contributed by atoms with Gasteiger partial charge in [0.25, 0.3) is 0 Å². The minimum Gasteiger partial charge on any atom is -0.374 e. The van der Waals surface area contributed by atoms with E-state index in [1.54, 1.807) is 0 Å². The van der Waals surface area contributed by atoms with Crippen LogP contribution in [0, 0.1) is 6.92 Å². The zero-order chi connectivity index (χ0) is 15.4. The highest BCUT2D eigenvalue weighted by Gasteiger charge is 2.13. The van der Waals surface area contributed by atoms with Gasteiger partial charge in [-0.05, 0) is 35.7 Å². The number of halogens is 1. The highest BCUT2D eigenvalue weighted by atomic mass is 35.5. The van der Waals surface area contributed by atoms with Crippen molar-refractivity contribution in [2.24, 2.45) is 0 Å². The summed E-state index contributed by atoms with van der Waals surface area (Å²) in [4.78, 5) is 0. The molecule has 3 aromatic carbocycles. The van der Waals surface area contributed by atoms with Crippen LogP contribution in [0.15, 0.2) is 78.9 Å². The standard InChI is InChI=1S/C20H18ClN/c1-15-12-13-18(14-19(15)21)22-20(16-8-4-2-5-9-16)17-10-6-3-7-11-17/h2-14,20,22H,1H3. The Labute approximate surface area is 136 Å². The van der Waals surface area contributed by atoms with Crippen LogP contribution in [0.5, 0.6) is 0 Å². The molecule has 0 atom stereocenters. The number of rotatable bonds is 4. The summed E-state index contributed by atoms with van der Waals surface area (Å²) in [6.07, 6.45) is 0. The molecule has 0 aliphatic carbocycles. The van der Waals surface area contributed by atoms with Crippen LogP contribution >= 0.6 is 11.6 Å². The Hall–Kier alpha value is -2.25. The van der Waals surface area contributed by atoms with E-state index in [1.165, 1.54) is 11.1 Å². The van der Waals surface area contributed by atoms with E-state index in [0.29, 0.717) is 0 Å². The number of hydrogen-bond acceptors (Lipinski definition) is 1. The van der Waals surface area contributed by atoms with Crippen LogP contribution in [-0.2, 0) is 0 Å². The van der Waals surface area contributed by atoms with Crippen molar-refractivity contribution in [2.75, 3.05) is 5.32 Å². The number of anilines is 1. The Morgan fingerprint density at radius 3 is 1.82 bits per heavy atom. The fraction of sp³-hybridized carbons (Fsp3) is 0.100. The number of hydrogen-bond donors (Lipinski definition) is 1. The smallest absolute Gasteiger partial charge is 0.0767 e. The summed E-state index contributed by atoms with van der Waals surface area (Å²) in [6, 6.07) is 27.1. The molecule has 1 N–H and O–H groups in total. The van der Waals surface area contributed by atoms with Gasteiger partial charge in [-0.2, -0.15) is 0 Å². The summed E-state index contributed by atoms with van der Waals surface area (Å²) in [5.41, 5.74) is 4.56. The van der Waals surface area contributed by atoms with Gasteiger partial charge in [-0.25, -0.2) is 0 Å². The molecule has 3 aromatic rings. The molecule has 2 heteroatoms. The molecule has 22 heavy (non-hydrogen) atoms. The van der Waals surface area contributed by atoms with E-state index in [1.807, 2.05) is 31.2 Å². The van der Waals surface area contributed by atoms with Crippen molar-refractivity contribution in [3.05, 3.63) is 101 Å². The molecule has 0 heterocycles. The molecule has 0 aliphatic heterocycles.